The zero-order valence-corrected chi connectivity index (χ0v) is 19.3. The first kappa shape index (κ1) is 22.8. The van der Waals surface area contributed by atoms with Crippen molar-refractivity contribution in [3.63, 3.8) is 0 Å². The molecule has 1 saturated carbocycles. The molecule has 1 fully saturated rings. The fourth-order valence-electron chi connectivity index (χ4n) is 4.37. The number of amides is 1. The fraction of sp³-hybridized carbons (Fsp3) is 0.333. The maximum atomic E-state index is 13.1. The minimum atomic E-state index is -0.195. The molecule has 6 heteroatoms. The third-order valence-electron chi connectivity index (χ3n) is 6.58. The topological polar surface area (TPSA) is 103 Å². The number of nitrogens with one attached hydrogen (secondary N) is 1. The molecular weight excluding hydrogens is 412 g/mol. The number of carbonyl (C=O) groups is 1. The summed E-state index contributed by atoms with van der Waals surface area (Å²) in [7, 11) is 0. The van der Waals surface area contributed by atoms with Crippen molar-refractivity contribution in [1.29, 1.82) is 0 Å². The van der Waals surface area contributed by atoms with Crippen LogP contribution in [0.15, 0.2) is 54.7 Å². The van der Waals surface area contributed by atoms with E-state index in [1.165, 1.54) is 11.1 Å². The second-order valence-electron chi connectivity index (χ2n) is 8.89. The first-order valence-electron chi connectivity index (χ1n) is 11.5. The summed E-state index contributed by atoms with van der Waals surface area (Å²) in [6.07, 6.45) is 4.71. The first-order chi connectivity index (χ1) is 15.9. The largest absolute Gasteiger partial charge is 0.493 e. The molecule has 2 atom stereocenters. The molecule has 1 aliphatic carbocycles. The second-order valence-corrected chi connectivity index (χ2v) is 8.89. The van der Waals surface area contributed by atoms with Gasteiger partial charge in [-0.1, -0.05) is 30.7 Å². The Kier molecular flexibility index (Phi) is 6.94. The maximum absolute atomic E-state index is 13.1. The van der Waals surface area contributed by atoms with Crippen LogP contribution in [0.1, 0.15) is 46.3 Å². The Labute approximate surface area is 195 Å². The first-order valence-corrected chi connectivity index (χ1v) is 11.5. The Morgan fingerprint density at radius 2 is 1.94 bits per heavy atom. The number of nitrogens with zero attached hydrogens (tertiary/aromatic N) is 1. The quantitative estimate of drug-likeness (QED) is 0.502. The number of hydrogen-bond acceptors (Lipinski definition) is 5. The predicted molar refractivity (Wildman–Crippen MR) is 132 cm³/mol. The predicted octanol–water partition coefficient (Wildman–Crippen LogP) is 4.38. The molecule has 0 aliphatic heterocycles. The maximum Gasteiger partial charge on any atom is 0.255 e. The van der Waals surface area contributed by atoms with Gasteiger partial charge in [0.05, 0.1) is 12.2 Å². The van der Waals surface area contributed by atoms with Crippen LogP contribution in [0.5, 0.6) is 5.75 Å². The van der Waals surface area contributed by atoms with Crippen molar-refractivity contribution >= 4 is 11.7 Å². The number of nitrogen functional groups attached to an aromatic ring is 1. The molecule has 0 radical (unpaired) electrons. The van der Waals surface area contributed by atoms with Crippen LogP contribution < -0.4 is 21.5 Å². The smallest absolute Gasteiger partial charge is 0.255 e. The van der Waals surface area contributed by atoms with Gasteiger partial charge in [0.15, 0.2) is 0 Å². The van der Waals surface area contributed by atoms with Crippen LogP contribution in [-0.4, -0.2) is 23.5 Å². The Morgan fingerprint density at radius 3 is 2.73 bits per heavy atom. The standard InChI is InChI=1S/C27H32N4O2/c1-17-9-10-23(11-18(17)2)33-16-21-7-4-8-25(21)31-27(32)24-13-22(15-30-26(24)29)20-6-3-5-19(12-20)14-28/h3,5-6,9-13,15,21,25H,4,7-8,14,16,28H2,1-2H3,(H2,29,30)(H,31,32)/t21-,25+/m1/s1. The molecular formula is C27H32N4O2. The lowest BCUT2D eigenvalue weighted by molar-refractivity contribution is 0.0919. The molecule has 172 valence electrons. The van der Waals surface area contributed by atoms with Crippen LogP contribution in [0.25, 0.3) is 11.1 Å². The van der Waals surface area contributed by atoms with E-state index in [1.54, 1.807) is 6.20 Å². The number of rotatable bonds is 7. The summed E-state index contributed by atoms with van der Waals surface area (Å²) in [4.78, 5) is 17.4. The number of hydrogen-bond donors (Lipinski definition) is 3. The van der Waals surface area contributed by atoms with Gasteiger partial charge in [-0.3, -0.25) is 4.79 Å². The van der Waals surface area contributed by atoms with Crippen molar-refractivity contribution in [3.8, 4) is 16.9 Å². The summed E-state index contributed by atoms with van der Waals surface area (Å²) in [6, 6.07) is 15.9. The van der Waals surface area contributed by atoms with E-state index in [2.05, 4.69) is 36.3 Å². The van der Waals surface area contributed by atoms with Gasteiger partial charge >= 0.3 is 0 Å². The van der Waals surface area contributed by atoms with E-state index < -0.39 is 0 Å². The second kappa shape index (κ2) is 10.0. The molecule has 2 aromatic carbocycles. The van der Waals surface area contributed by atoms with Crippen LogP contribution in [0.4, 0.5) is 5.82 Å². The van der Waals surface area contributed by atoms with Gasteiger partial charge in [0, 0.05) is 30.3 Å². The van der Waals surface area contributed by atoms with Gasteiger partial charge < -0.3 is 21.5 Å². The van der Waals surface area contributed by atoms with E-state index in [4.69, 9.17) is 16.2 Å². The van der Waals surface area contributed by atoms with Crippen LogP contribution >= 0.6 is 0 Å². The number of nitrogens with two attached hydrogens (primary N) is 2. The van der Waals surface area contributed by atoms with Gasteiger partial charge in [-0.2, -0.15) is 0 Å². The van der Waals surface area contributed by atoms with E-state index >= 15 is 0 Å². The summed E-state index contributed by atoms with van der Waals surface area (Å²) < 4.78 is 6.07. The average molecular weight is 445 g/mol. The molecule has 0 spiro atoms. The van der Waals surface area contributed by atoms with Crippen LogP contribution in [0.3, 0.4) is 0 Å². The number of carbonyl (C=O) groups excluding carboxylic acids is 1. The summed E-state index contributed by atoms with van der Waals surface area (Å²) in [5, 5.41) is 3.19. The van der Waals surface area contributed by atoms with Crippen LogP contribution in [-0.2, 0) is 6.54 Å². The lowest BCUT2D eigenvalue weighted by Crippen LogP contribution is -2.39. The van der Waals surface area contributed by atoms with Gasteiger partial charge in [0.2, 0.25) is 0 Å². The average Bonchev–Trinajstić information content (AvgIpc) is 3.27. The number of aryl methyl sites for hydroxylation is 2. The number of benzene rings is 2. The lowest BCUT2D eigenvalue weighted by atomic mass is 10.0. The van der Waals surface area contributed by atoms with E-state index in [0.29, 0.717) is 18.7 Å². The number of pyridine rings is 1. The highest BCUT2D eigenvalue weighted by molar-refractivity contribution is 5.99. The summed E-state index contributed by atoms with van der Waals surface area (Å²) in [5.41, 5.74) is 17.5. The Morgan fingerprint density at radius 1 is 1.09 bits per heavy atom. The molecule has 1 amide bonds. The molecule has 1 heterocycles. The molecule has 1 aliphatic rings. The zero-order chi connectivity index (χ0) is 23.4. The molecule has 0 bridgehead atoms. The highest BCUT2D eigenvalue weighted by Gasteiger charge is 2.30. The zero-order valence-electron chi connectivity index (χ0n) is 19.3. The van der Waals surface area contributed by atoms with Gasteiger partial charge in [-0.05, 0) is 73.2 Å². The highest BCUT2D eigenvalue weighted by Crippen LogP contribution is 2.28. The molecule has 5 N–H and O–H groups in total. The van der Waals surface area contributed by atoms with Gasteiger partial charge in [-0.25, -0.2) is 4.98 Å². The van der Waals surface area contributed by atoms with Crippen molar-refractivity contribution in [2.45, 2.75) is 45.7 Å². The highest BCUT2D eigenvalue weighted by atomic mass is 16.5. The van der Waals surface area contributed by atoms with Crippen molar-refractivity contribution in [1.82, 2.24) is 10.3 Å². The number of aromatic nitrogens is 1. The SMILES string of the molecule is Cc1ccc(OC[C@H]2CCC[C@@H]2NC(=O)c2cc(-c3cccc(CN)c3)cnc2N)cc1C. The third kappa shape index (κ3) is 5.34. The minimum Gasteiger partial charge on any atom is -0.493 e. The van der Waals surface area contributed by atoms with Gasteiger partial charge in [0.25, 0.3) is 5.91 Å². The van der Waals surface area contributed by atoms with Crippen LogP contribution in [0, 0.1) is 19.8 Å². The Hall–Kier alpha value is -3.38. The summed E-state index contributed by atoms with van der Waals surface area (Å²) in [6.45, 7) is 5.20. The van der Waals surface area contributed by atoms with E-state index in [0.717, 1.165) is 41.7 Å². The normalized spacial score (nSPS) is 17.7. The molecule has 1 aromatic heterocycles. The molecule has 33 heavy (non-hydrogen) atoms. The lowest BCUT2D eigenvalue weighted by Gasteiger charge is -2.22. The molecule has 4 rings (SSSR count). The minimum absolute atomic E-state index is 0.0488. The van der Waals surface area contributed by atoms with Crippen molar-refractivity contribution < 1.29 is 9.53 Å². The van der Waals surface area contributed by atoms with Crippen molar-refractivity contribution in [2.75, 3.05) is 12.3 Å². The monoisotopic (exact) mass is 444 g/mol. The molecule has 6 nitrogen and oxygen atoms in total. The van der Waals surface area contributed by atoms with Crippen molar-refractivity contribution in [3.05, 3.63) is 77.0 Å². The summed E-state index contributed by atoms with van der Waals surface area (Å²) in [5.74, 6) is 1.16. The summed E-state index contributed by atoms with van der Waals surface area (Å²) >= 11 is 0. The van der Waals surface area contributed by atoms with Crippen LogP contribution in [0.2, 0.25) is 0 Å². The van der Waals surface area contributed by atoms with Gasteiger partial charge in [-0.15, -0.1) is 0 Å². The van der Waals surface area contributed by atoms with E-state index in [9.17, 15) is 4.79 Å². The fourth-order valence-corrected chi connectivity index (χ4v) is 4.37. The number of ether oxygens (including phenoxy) is 1. The van der Waals surface area contributed by atoms with Gasteiger partial charge in [0.1, 0.15) is 11.6 Å². The Bertz CT molecular complexity index is 1140. The van der Waals surface area contributed by atoms with Crippen molar-refractivity contribution in [2.24, 2.45) is 11.7 Å². The molecule has 0 saturated heterocycles. The molecule has 3 aromatic rings. The van der Waals surface area contributed by atoms with E-state index in [-0.39, 0.29) is 23.7 Å². The number of anilines is 1. The molecule has 0 unspecified atom stereocenters. The van der Waals surface area contributed by atoms with E-state index in [1.807, 2.05) is 36.4 Å². The third-order valence-corrected chi connectivity index (χ3v) is 6.58. The Balaban J connectivity index is 1.45.